The molecule has 1 aliphatic rings. The zero-order valence-electron chi connectivity index (χ0n) is 12.1. The standard InChI is InChI=1S/C17H12Cl2N2OS/c1-9-15-16(11-4-2-3-5-14(11)23-9)20-21(17(15)22)10-6-7-12(18)13(19)8-10/h2-9,20H,1H3. The summed E-state index contributed by atoms with van der Waals surface area (Å²) in [5.41, 5.74) is 3.35. The van der Waals surface area contributed by atoms with Crippen molar-refractivity contribution < 1.29 is 0 Å². The van der Waals surface area contributed by atoms with E-state index >= 15 is 0 Å². The molecule has 0 bridgehead atoms. The van der Waals surface area contributed by atoms with Gasteiger partial charge in [0.25, 0.3) is 5.56 Å². The molecule has 1 aromatic heterocycles. The zero-order chi connectivity index (χ0) is 16.1. The Labute approximate surface area is 147 Å². The average molecular weight is 363 g/mol. The summed E-state index contributed by atoms with van der Waals surface area (Å²) in [5.74, 6) is 0. The fourth-order valence-electron chi connectivity index (χ4n) is 2.86. The number of fused-ring (bicyclic) bond motifs is 3. The highest BCUT2D eigenvalue weighted by Gasteiger charge is 2.28. The Bertz CT molecular complexity index is 977. The minimum absolute atomic E-state index is 0.0482. The third-order valence-corrected chi connectivity index (χ3v) is 5.89. The molecule has 3 aromatic rings. The van der Waals surface area contributed by atoms with Gasteiger partial charge in [-0.05, 0) is 31.2 Å². The number of H-pyrrole nitrogens is 1. The lowest BCUT2D eigenvalue weighted by molar-refractivity contribution is 0.849. The van der Waals surface area contributed by atoms with Gasteiger partial charge in [-0.25, -0.2) is 4.68 Å². The first-order chi connectivity index (χ1) is 11.1. The van der Waals surface area contributed by atoms with Crippen molar-refractivity contribution in [2.24, 2.45) is 0 Å². The lowest BCUT2D eigenvalue weighted by Gasteiger charge is -2.19. The van der Waals surface area contributed by atoms with Crippen molar-refractivity contribution in [3.63, 3.8) is 0 Å². The van der Waals surface area contributed by atoms with Crippen molar-refractivity contribution in [3.8, 4) is 16.9 Å². The fourth-order valence-corrected chi connectivity index (χ4v) is 4.33. The summed E-state index contributed by atoms with van der Waals surface area (Å²) in [5, 5.41) is 4.22. The molecule has 0 aliphatic carbocycles. The Morgan fingerprint density at radius 3 is 2.70 bits per heavy atom. The quantitative estimate of drug-likeness (QED) is 0.637. The fraction of sp³-hybridized carbons (Fsp3) is 0.118. The molecule has 6 heteroatoms. The molecule has 0 radical (unpaired) electrons. The topological polar surface area (TPSA) is 37.8 Å². The van der Waals surface area contributed by atoms with Gasteiger partial charge in [0.15, 0.2) is 0 Å². The van der Waals surface area contributed by atoms with E-state index < -0.39 is 0 Å². The van der Waals surface area contributed by atoms with E-state index in [-0.39, 0.29) is 10.8 Å². The maximum atomic E-state index is 12.9. The van der Waals surface area contributed by atoms with Crippen LogP contribution in [0, 0.1) is 0 Å². The van der Waals surface area contributed by atoms with Crippen LogP contribution in [0.4, 0.5) is 0 Å². The van der Waals surface area contributed by atoms with Crippen molar-refractivity contribution in [2.45, 2.75) is 17.1 Å². The monoisotopic (exact) mass is 362 g/mol. The number of halogens is 2. The summed E-state index contributed by atoms with van der Waals surface area (Å²) in [6, 6.07) is 13.3. The van der Waals surface area contributed by atoms with Crippen LogP contribution >= 0.6 is 35.0 Å². The van der Waals surface area contributed by atoms with E-state index in [0.717, 1.165) is 16.8 Å². The van der Waals surface area contributed by atoms with E-state index in [1.54, 1.807) is 30.0 Å². The molecule has 1 aliphatic heterocycles. The van der Waals surface area contributed by atoms with Crippen LogP contribution in [0.3, 0.4) is 0 Å². The van der Waals surface area contributed by atoms with E-state index in [9.17, 15) is 4.79 Å². The average Bonchev–Trinajstić information content (AvgIpc) is 2.89. The molecular formula is C17H12Cl2N2OS. The second-order valence-corrected chi connectivity index (χ2v) is 7.59. The molecule has 0 spiro atoms. The van der Waals surface area contributed by atoms with Crippen LogP contribution in [-0.2, 0) is 0 Å². The lowest BCUT2D eigenvalue weighted by Crippen LogP contribution is -2.18. The van der Waals surface area contributed by atoms with Crippen molar-refractivity contribution in [3.05, 3.63) is 68.4 Å². The zero-order valence-corrected chi connectivity index (χ0v) is 14.5. The van der Waals surface area contributed by atoms with E-state index in [1.165, 1.54) is 9.58 Å². The molecule has 3 nitrogen and oxygen atoms in total. The van der Waals surface area contributed by atoms with Crippen molar-refractivity contribution >= 4 is 35.0 Å². The van der Waals surface area contributed by atoms with E-state index in [4.69, 9.17) is 23.2 Å². The molecule has 1 atom stereocenters. The Hall–Kier alpha value is -1.62. The minimum atomic E-state index is -0.0482. The van der Waals surface area contributed by atoms with Gasteiger partial charge in [-0.1, -0.05) is 41.4 Å². The molecule has 0 saturated carbocycles. The molecule has 1 unspecified atom stereocenters. The molecule has 2 aromatic carbocycles. The number of benzene rings is 2. The maximum absolute atomic E-state index is 12.9. The van der Waals surface area contributed by atoms with Gasteiger partial charge >= 0.3 is 0 Å². The second kappa shape index (κ2) is 5.48. The Balaban J connectivity index is 1.96. The molecule has 0 fully saturated rings. The van der Waals surface area contributed by atoms with E-state index in [2.05, 4.69) is 11.2 Å². The molecule has 4 rings (SSSR count). The second-order valence-electron chi connectivity index (χ2n) is 5.40. The van der Waals surface area contributed by atoms with Gasteiger partial charge in [0.05, 0.1) is 27.0 Å². The molecule has 116 valence electrons. The summed E-state index contributed by atoms with van der Waals surface area (Å²) in [6.45, 7) is 2.05. The summed E-state index contributed by atoms with van der Waals surface area (Å²) < 4.78 is 1.53. The summed E-state index contributed by atoms with van der Waals surface area (Å²) in [4.78, 5) is 14.0. The first-order valence-electron chi connectivity index (χ1n) is 7.12. The third-order valence-electron chi connectivity index (χ3n) is 3.95. The Kier molecular flexibility index (Phi) is 3.56. The minimum Gasteiger partial charge on any atom is -0.290 e. The number of hydrogen-bond donors (Lipinski definition) is 1. The predicted molar refractivity (Wildman–Crippen MR) is 96.1 cm³/mol. The molecule has 0 saturated heterocycles. The summed E-state index contributed by atoms with van der Waals surface area (Å²) >= 11 is 13.8. The highest BCUT2D eigenvalue weighted by molar-refractivity contribution is 7.99. The maximum Gasteiger partial charge on any atom is 0.276 e. The van der Waals surface area contributed by atoms with Crippen LogP contribution in [0.1, 0.15) is 17.7 Å². The number of nitrogens with zero attached hydrogens (tertiary/aromatic N) is 1. The highest BCUT2D eigenvalue weighted by Crippen LogP contribution is 2.46. The number of nitrogens with one attached hydrogen (secondary N) is 1. The van der Waals surface area contributed by atoms with Gasteiger partial charge < -0.3 is 0 Å². The van der Waals surface area contributed by atoms with Crippen LogP contribution in [-0.4, -0.2) is 9.78 Å². The van der Waals surface area contributed by atoms with E-state index in [1.807, 2.05) is 25.1 Å². The van der Waals surface area contributed by atoms with Crippen LogP contribution in [0.2, 0.25) is 10.0 Å². The van der Waals surface area contributed by atoms with Crippen molar-refractivity contribution in [1.82, 2.24) is 9.78 Å². The van der Waals surface area contributed by atoms with Gasteiger partial charge in [-0.15, -0.1) is 11.8 Å². The van der Waals surface area contributed by atoms with Gasteiger partial charge in [-0.2, -0.15) is 0 Å². The van der Waals surface area contributed by atoms with Crippen molar-refractivity contribution in [2.75, 3.05) is 0 Å². The van der Waals surface area contributed by atoms with E-state index in [0.29, 0.717) is 15.7 Å². The van der Waals surface area contributed by atoms with Gasteiger partial charge in [-0.3, -0.25) is 9.89 Å². The molecule has 23 heavy (non-hydrogen) atoms. The first-order valence-corrected chi connectivity index (χ1v) is 8.76. The number of rotatable bonds is 1. The Morgan fingerprint density at radius 1 is 1.13 bits per heavy atom. The number of thioether (sulfide) groups is 1. The van der Waals surface area contributed by atoms with Gasteiger partial charge in [0.1, 0.15) is 0 Å². The molecule has 1 N–H and O–H groups in total. The number of aromatic amines is 1. The summed E-state index contributed by atoms with van der Waals surface area (Å²) in [7, 11) is 0. The van der Waals surface area contributed by atoms with Gasteiger partial charge in [0.2, 0.25) is 0 Å². The Morgan fingerprint density at radius 2 is 1.91 bits per heavy atom. The predicted octanol–water partition coefficient (Wildman–Crippen LogP) is 5.31. The van der Waals surface area contributed by atoms with Crippen LogP contribution in [0.15, 0.2) is 52.2 Å². The van der Waals surface area contributed by atoms with Crippen LogP contribution in [0.25, 0.3) is 16.9 Å². The molecule has 2 heterocycles. The molecular weight excluding hydrogens is 351 g/mol. The normalized spacial score (nSPS) is 16.0. The number of hydrogen-bond acceptors (Lipinski definition) is 2. The van der Waals surface area contributed by atoms with Crippen LogP contribution in [0.5, 0.6) is 0 Å². The number of aromatic nitrogens is 2. The molecule has 0 amide bonds. The third kappa shape index (κ3) is 2.33. The van der Waals surface area contributed by atoms with Crippen molar-refractivity contribution in [1.29, 1.82) is 0 Å². The van der Waals surface area contributed by atoms with Crippen LogP contribution < -0.4 is 5.56 Å². The highest BCUT2D eigenvalue weighted by atomic mass is 35.5. The lowest BCUT2D eigenvalue weighted by atomic mass is 10.1. The smallest absolute Gasteiger partial charge is 0.276 e. The van der Waals surface area contributed by atoms with Gasteiger partial charge in [0, 0.05) is 15.7 Å². The largest absolute Gasteiger partial charge is 0.290 e. The summed E-state index contributed by atoms with van der Waals surface area (Å²) in [6.07, 6.45) is 0. The SMILES string of the molecule is CC1Sc2ccccc2-c2[nH]n(-c3ccc(Cl)c(Cl)c3)c(=O)c21. The first kappa shape index (κ1) is 14.9.